The standard InChI is InChI=1S/C94H119FN10O23/c1-9-94(119)64-39-70-84-62(46-105(70)91(117)63(64)47-121-92(94)118)83-66(24-23-60-50(4)65(95)40-68(103-84)82(60)83)100-76(109)28-25-67(101-75(108)18-14-11-15-33-104-80(113)29-30-81(104)114)89(115)98-44-78(111)97-45-79(112)102-69(35-54-16-12-10-13-17-54)90(116)99-43-77(110)96-42-56(107)38-73-87(120-8)61(53(7)123-73)37-55(106)36-58-22-27-72-88(125-58)86-51(5)85(126-72)74-41-93(127-74,128-86)32-31-59-34-49(3)71(124-59)26-21-57-20-19-48(2)52(6)122-57/h10,12-13,16-17,29-30,39-40,51-53,56-59,61,66-67,69,71-74,85-88,107,119H,2-3,9,11,14-15,18-28,31-38,41-47H2,1,4-8H3,(H,96,110)(H,97,111)(H,98,115)(H,99,116)(H,100,109)(H,101,108)(H,102,112)/t51?,52-,53+,56+,57-,58-,59+,61+,66+,67?,69+,71+,72+,73-,74+,85?,86-,87-,88+,93+,94+/m1/s1. The van der Waals surface area contributed by atoms with Gasteiger partial charge in [-0.05, 0) is 150 Å². The predicted octanol–water partition coefficient (Wildman–Crippen LogP) is 5.33. The van der Waals surface area contributed by atoms with Gasteiger partial charge in [0.25, 0.3) is 17.4 Å². The first-order chi connectivity index (χ1) is 61.3. The van der Waals surface area contributed by atoms with Gasteiger partial charge in [-0.15, -0.1) is 0 Å². The number of nitrogens with zero attached hydrogens (tertiary/aromatic N) is 3. The number of hydrogen-bond donors (Lipinski definition) is 9. The number of nitrogens with one attached hydrogen (secondary N) is 7. The van der Waals surface area contributed by atoms with Gasteiger partial charge >= 0.3 is 5.97 Å². The van der Waals surface area contributed by atoms with Crippen molar-refractivity contribution in [3.8, 4) is 11.4 Å². The number of pyridine rings is 2. The van der Waals surface area contributed by atoms with E-state index in [0.717, 1.165) is 61.0 Å². The molecule has 690 valence electrons. The summed E-state index contributed by atoms with van der Waals surface area (Å²) in [6.07, 6.45) is 7.48. The molecule has 21 atom stereocenters. The van der Waals surface area contributed by atoms with E-state index in [4.69, 9.17) is 47.6 Å². The molecule has 2 aromatic carbocycles. The number of ether oxygens (including phenoxy) is 9. The molecule has 128 heavy (non-hydrogen) atoms. The summed E-state index contributed by atoms with van der Waals surface area (Å²) in [4.78, 5) is 168. The number of amides is 9. The number of carbonyl (C=O) groups excluding carboxylic acids is 11. The number of methoxy groups -OCH3 is 1. The van der Waals surface area contributed by atoms with Crippen molar-refractivity contribution in [2.45, 2.75) is 310 Å². The van der Waals surface area contributed by atoms with Crippen molar-refractivity contribution < 1.29 is 110 Å². The van der Waals surface area contributed by atoms with Crippen molar-refractivity contribution in [2.24, 2.45) is 11.8 Å². The Labute approximate surface area is 741 Å². The van der Waals surface area contributed by atoms with Crippen LogP contribution in [0.1, 0.15) is 208 Å². The van der Waals surface area contributed by atoms with Crippen LogP contribution in [0.5, 0.6) is 0 Å². The van der Waals surface area contributed by atoms with Crippen molar-refractivity contribution in [2.75, 3.05) is 39.8 Å². The van der Waals surface area contributed by atoms with Crippen molar-refractivity contribution in [1.29, 1.82) is 0 Å². The van der Waals surface area contributed by atoms with Crippen molar-refractivity contribution >= 4 is 75.8 Å². The van der Waals surface area contributed by atoms with Gasteiger partial charge < -0.3 is 94.6 Å². The summed E-state index contributed by atoms with van der Waals surface area (Å²) in [5.41, 5.74) is 3.42. The quantitative estimate of drug-likeness (QED) is 0.0104. The molecular formula is C94H119FN10O23. The zero-order valence-corrected chi connectivity index (χ0v) is 73.5. The lowest BCUT2D eigenvalue weighted by molar-refractivity contribution is -0.353. The number of rotatable bonds is 38. The van der Waals surface area contributed by atoms with Crippen LogP contribution in [0.4, 0.5) is 4.39 Å². The molecule has 16 rings (SSSR count). The van der Waals surface area contributed by atoms with Crippen LogP contribution < -0.4 is 42.8 Å². The van der Waals surface area contributed by atoms with Crippen LogP contribution in [0.2, 0.25) is 0 Å². The lowest BCUT2D eigenvalue weighted by atomic mass is 9.81. The second kappa shape index (κ2) is 39.8. The van der Waals surface area contributed by atoms with E-state index in [0.29, 0.717) is 77.4 Å². The largest absolute Gasteiger partial charge is 0.458 e. The van der Waals surface area contributed by atoms with Gasteiger partial charge in [-0.25, -0.2) is 14.2 Å². The minimum Gasteiger partial charge on any atom is -0.458 e. The van der Waals surface area contributed by atoms with E-state index in [9.17, 15) is 67.7 Å². The first-order valence-electron chi connectivity index (χ1n) is 45.4. The second-order valence-electron chi connectivity index (χ2n) is 36.5. The molecule has 8 fully saturated rings. The van der Waals surface area contributed by atoms with Crippen LogP contribution in [0.3, 0.4) is 0 Å². The van der Waals surface area contributed by atoms with Crippen molar-refractivity contribution in [3.05, 3.63) is 134 Å². The fourth-order valence-electron chi connectivity index (χ4n) is 20.7. The summed E-state index contributed by atoms with van der Waals surface area (Å²) in [7, 11) is 1.53. The third-order valence-electron chi connectivity index (χ3n) is 27.9. The number of aliphatic hydroxyl groups is 2. The maximum atomic E-state index is 15.7. The fourth-order valence-corrected chi connectivity index (χ4v) is 20.7. The Morgan fingerprint density at radius 2 is 1.45 bits per heavy atom. The molecule has 13 heterocycles. The Hall–Kier alpha value is -9.88. The SMILES string of the molecule is C=C1C[C@H](CC[C@]23C[C@H](O2)C2O[C@H]4CC[C@H](CC(=O)C[C@@H]5[C@@H](OC)[C@@H](C[C@H](O)CNC(=O)CNC(=O)[C@H](Cc6ccccc6)NC(=O)CNC(=O)CNC(=O)C(CCC(=O)N[C@H]6CCc7c(C)c(F)cc8nc9c(c6c78)Cn6c-9cc7c(c6=O)COC(=O)[C@]7(O)CC)NC(=O)CCCCCN6C(=O)C=CC6=O)O[C@H]5C)O[C@@H]4[C@H](O3)C2C)O[C@H]1CC[C@H]1CCC(=C)[C@@H](C)O1. The molecule has 33 nitrogen and oxygen atoms in total. The number of unbranched alkanes of at least 4 members (excludes halogenated alkanes) is 2. The average Bonchev–Trinajstić information content (AvgIpc) is 1.52. The Bertz CT molecular complexity index is 5060. The molecule has 0 spiro atoms. The van der Waals surface area contributed by atoms with E-state index in [1.165, 1.54) is 36.0 Å². The summed E-state index contributed by atoms with van der Waals surface area (Å²) < 4.78 is 74.8. The Balaban J connectivity index is 0.506. The number of hydrogen-bond acceptors (Lipinski definition) is 24. The molecule has 8 saturated heterocycles. The van der Waals surface area contributed by atoms with Gasteiger partial charge in [-0.2, -0.15) is 0 Å². The molecule has 11 aliphatic heterocycles. The van der Waals surface area contributed by atoms with Gasteiger partial charge in [0.2, 0.25) is 41.4 Å². The van der Waals surface area contributed by atoms with Gasteiger partial charge in [0.1, 0.15) is 36.4 Å². The molecule has 4 aromatic rings. The maximum absolute atomic E-state index is 15.7. The summed E-state index contributed by atoms with van der Waals surface area (Å²) in [5, 5.41) is 41.9. The summed E-state index contributed by atoms with van der Waals surface area (Å²) >= 11 is 0. The molecule has 0 radical (unpaired) electrons. The van der Waals surface area contributed by atoms with Crippen LogP contribution in [-0.2, 0) is 127 Å². The number of imide groups is 1. The normalized spacial score (nSPS) is 29.4. The molecule has 3 unspecified atom stereocenters. The van der Waals surface area contributed by atoms with Gasteiger partial charge in [0.15, 0.2) is 11.4 Å². The molecule has 1 aliphatic carbocycles. The Morgan fingerprint density at radius 1 is 0.719 bits per heavy atom. The summed E-state index contributed by atoms with van der Waals surface area (Å²) in [6.45, 7) is 15.4. The van der Waals surface area contributed by atoms with Crippen molar-refractivity contribution in [3.63, 3.8) is 0 Å². The minimum atomic E-state index is -2.12. The molecule has 4 bridgehead atoms. The second-order valence-corrected chi connectivity index (χ2v) is 36.5. The maximum Gasteiger partial charge on any atom is 0.343 e. The smallest absolute Gasteiger partial charge is 0.343 e. The fraction of sp³-hybridized carbons (Fsp3) is 0.606. The predicted molar refractivity (Wildman–Crippen MR) is 458 cm³/mol. The van der Waals surface area contributed by atoms with E-state index in [1.54, 1.807) is 44.2 Å². The van der Waals surface area contributed by atoms with Crippen LogP contribution >= 0.6 is 0 Å². The van der Waals surface area contributed by atoms with Gasteiger partial charge in [0, 0.05) is 118 Å². The number of cyclic esters (lactones) is 1. The lowest BCUT2D eigenvalue weighted by Gasteiger charge is -2.48. The first-order valence-corrected chi connectivity index (χ1v) is 45.4. The van der Waals surface area contributed by atoms with Crippen LogP contribution in [0.15, 0.2) is 83.7 Å². The molecule has 9 amide bonds. The molecule has 12 aliphatic rings. The van der Waals surface area contributed by atoms with Gasteiger partial charge in [0.05, 0.1) is 134 Å². The van der Waals surface area contributed by atoms with Crippen molar-refractivity contribution in [1.82, 2.24) is 51.7 Å². The number of benzene rings is 2. The highest BCUT2D eigenvalue weighted by Gasteiger charge is 2.63. The highest BCUT2D eigenvalue weighted by molar-refractivity contribution is 6.13. The average molecular weight is 1780 g/mol. The first kappa shape index (κ1) is 92.8. The zero-order valence-electron chi connectivity index (χ0n) is 73.5. The van der Waals surface area contributed by atoms with Crippen LogP contribution in [-0.4, -0.2) is 233 Å². The van der Waals surface area contributed by atoms with E-state index < -0.39 is 150 Å². The van der Waals surface area contributed by atoms with Crippen LogP contribution in [0.25, 0.3) is 22.3 Å². The summed E-state index contributed by atoms with van der Waals surface area (Å²) in [5.74, 6) is -8.61. The summed E-state index contributed by atoms with van der Waals surface area (Å²) in [6, 6.07) is 8.07. The molecule has 9 N–H and O–H groups in total. The number of esters is 1. The number of halogens is 1. The third-order valence-corrected chi connectivity index (χ3v) is 27.9. The molecule has 34 heteroatoms. The number of carbonyl (C=O) groups is 11. The Kier molecular flexibility index (Phi) is 28.9. The number of aryl methyl sites for hydroxylation is 1. The van der Waals surface area contributed by atoms with Gasteiger partial charge in [-0.1, -0.05) is 63.8 Å². The topological polar surface area (TPSA) is 434 Å². The number of aliphatic hydroxyl groups excluding tert-OH is 1. The third kappa shape index (κ3) is 20.3. The van der Waals surface area contributed by atoms with E-state index in [1.807, 2.05) is 6.92 Å². The van der Waals surface area contributed by atoms with Gasteiger partial charge in [-0.3, -0.25) is 57.6 Å². The number of Topliss-reactive ketones (excluding diaryl/α,β-unsaturated/α-hetero) is 1. The highest BCUT2D eigenvalue weighted by Crippen LogP contribution is 2.54. The van der Waals surface area contributed by atoms with Crippen LogP contribution in [0, 0.1) is 24.6 Å². The highest BCUT2D eigenvalue weighted by atomic mass is 19.1. The zero-order chi connectivity index (χ0) is 90.7. The number of ketones is 1. The van der Waals surface area contributed by atoms with E-state index in [-0.39, 0.29) is 185 Å². The minimum absolute atomic E-state index is 0.00599. The Morgan fingerprint density at radius 3 is 2.20 bits per heavy atom. The molecular weight excluding hydrogens is 1660 g/mol. The van der Waals surface area contributed by atoms with E-state index >= 15 is 4.39 Å². The molecule has 2 aromatic heterocycles. The number of fused-ring (bicyclic) bond motifs is 6. The monoisotopic (exact) mass is 1770 g/mol. The van der Waals surface area contributed by atoms with E-state index in [2.05, 4.69) is 64.2 Å². The lowest BCUT2D eigenvalue weighted by Crippen LogP contribution is -2.59. The number of aromatic nitrogens is 2. The molecule has 0 saturated carbocycles.